The molecule has 0 bridgehead atoms. The lowest BCUT2D eigenvalue weighted by Crippen LogP contribution is -2.55. The summed E-state index contributed by atoms with van der Waals surface area (Å²) in [5.74, 6) is 3.21. The van der Waals surface area contributed by atoms with E-state index in [1.807, 2.05) is 0 Å². The first-order chi connectivity index (χ1) is 13.4. The van der Waals surface area contributed by atoms with Crippen LogP contribution in [0.2, 0.25) is 18.1 Å². The van der Waals surface area contributed by atoms with Crippen LogP contribution in [0.3, 0.4) is 0 Å². The first-order valence-corrected chi connectivity index (χ1v) is 15.2. The van der Waals surface area contributed by atoms with Crippen molar-refractivity contribution < 1.29 is 9.22 Å². The minimum atomic E-state index is -1.69. The highest BCUT2D eigenvalue weighted by Gasteiger charge is 2.59. The molecular formula is C26H44O2Si. The summed E-state index contributed by atoms with van der Waals surface area (Å²) in [6.45, 7) is 16.9. The molecule has 3 fully saturated rings. The quantitative estimate of drug-likeness (QED) is 0.360. The second-order valence-corrected chi connectivity index (χ2v) is 17.7. The van der Waals surface area contributed by atoms with E-state index >= 15 is 0 Å². The molecule has 0 spiro atoms. The molecule has 0 N–H and O–H groups in total. The average molecular weight is 417 g/mol. The van der Waals surface area contributed by atoms with E-state index in [0.717, 1.165) is 36.0 Å². The second kappa shape index (κ2) is 7.05. The normalized spacial score (nSPS) is 45.1. The van der Waals surface area contributed by atoms with Gasteiger partial charge in [0.05, 0.1) is 0 Å². The molecule has 0 aliphatic heterocycles. The summed E-state index contributed by atoms with van der Waals surface area (Å²) >= 11 is 0. The molecule has 3 saturated carbocycles. The Hall–Kier alpha value is -0.413. The molecule has 29 heavy (non-hydrogen) atoms. The van der Waals surface area contributed by atoms with Crippen LogP contribution in [0, 0.1) is 34.5 Å². The Morgan fingerprint density at radius 2 is 1.79 bits per heavy atom. The van der Waals surface area contributed by atoms with Crippen molar-refractivity contribution in [2.45, 2.75) is 110 Å². The number of fused-ring (bicyclic) bond motifs is 5. The largest absolute Gasteiger partial charge is 0.414 e. The van der Waals surface area contributed by atoms with Crippen LogP contribution in [-0.4, -0.2) is 20.7 Å². The fourth-order valence-corrected chi connectivity index (χ4v) is 9.10. The van der Waals surface area contributed by atoms with Gasteiger partial charge < -0.3 is 4.43 Å². The van der Waals surface area contributed by atoms with Gasteiger partial charge >= 0.3 is 0 Å². The Morgan fingerprint density at radius 3 is 2.45 bits per heavy atom. The van der Waals surface area contributed by atoms with Crippen LogP contribution in [0.15, 0.2) is 11.6 Å². The van der Waals surface area contributed by atoms with Gasteiger partial charge in [0.1, 0.15) is 6.29 Å². The van der Waals surface area contributed by atoms with Crippen molar-refractivity contribution in [2.24, 2.45) is 34.5 Å². The standard InChI is InChI=1S/C26H44O2Si/c1-24(2,3)29(6,7)28-20-12-14-25(4)18(16-20)8-10-21-22-11-9-19(17-27)26(22,5)15-13-23(21)25/h9,17-18,20-23H,8,10-16H2,1-7H3/t18-,20-,21-,22-,23-,25-,26+/m0/s1. The van der Waals surface area contributed by atoms with Gasteiger partial charge in [-0.2, -0.15) is 0 Å². The Labute approximate surface area is 180 Å². The average Bonchev–Trinajstić information content (AvgIpc) is 2.97. The van der Waals surface area contributed by atoms with Gasteiger partial charge in [-0.1, -0.05) is 40.7 Å². The number of rotatable bonds is 3. The highest BCUT2D eigenvalue weighted by molar-refractivity contribution is 6.74. The summed E-state index contributed by atoms with van der Waals surface area (Å²) in [4.78, 5) is 11.7. The maximum atomic E-state index is 11.7. The van der Waals surface area contributed by atoms with Gasteiger partial charge in [0.15, 0.2) is 8.32 Å². The van der Waals surface area contributed by atoms with E-state index in [4.69, 9.17) is 4.43 Å². The lowest BCUT2D eigenvalue weighted by atomic mass is 9.45. The molecule has 0 radical (unpaired) electrons. The minimum Gasteiger partial charge on any atom is -0.414 e. The SMILES string of the molecule is CC(C)(C)[Si](C)(C)O[C@H]1CC[C@@]2(C)[C@@H](CC[C@@H]3[C@@H]2CC[C@]2(C)C(C=O)=CC[C@@H]32)C1. The summed E-state index contributed by atoms with van der Waals surface area (Å²) in [6.07, 6.45) is 14.2. The van der Waals surface area contributed by atoms with Crippen molar-refractivity contribution in [3.8, 4) is 0 Å². The van der Waals surface area contributed by atoms with E-state index < -0.39 is 8.32 Å². The predicted octanol–water partition coefficient (Wildman–Crippen LogP) is 7.15. The summed E-state index contributed by atoms with van der Waals surface area (Å²) < 4.78 is 6.88. The number of hydrogen-bond donors (Lipinski definition) is 0. The van der Waals surface area contributed by atoms with Crippen LogP contribution in [0.25, 0.3) is 0 Å². The van der Waals surface area contributed by atoms with E-state index in [2.05, 4.69) is 53.8 Å². The molecule has 0 unspecified atom stereocenters. The molecule has 3 heteroatoms. The predicted molar refractivity (Wildman–Crippen MR) is 123 cm³/mol. The Balaban J connectivity index is 1.48. The first-order valence-electron chi connectivity index (χ1n) is 12.3. The Morgan fingerprint density at radius 1 is 1.07 bits per heavy atom. The third-order valence-corrected chi connectivity index (χ3v) is 15.2. The van der Waals surface area contributed by atoms with Crippen LogP contribution in [-0.2, 0) is 9.22 Å². The molecule has 0 heterocycles. The highest BCUT2D eigenvalue weighted by Crippen LogP contribution is 2.66. The summed E-state index contributed by atoms with van der Waals surface area (Å²) in [5, 5.41) is 0.297. The monoisotopic (exact) mass is 416 g/mol. The van der Waals surface area contributed by atoms with Gasteiger partial charge in [0, 0.05) is 6.10 Å². The van der Waals surface area contributed by atoms with Crippen molar-refractivity contribution in [2.75, 3.05) is 0 Å². The lowest BCUT2D eigenvalue weighted by molar-refractivity contribution is -0.119. The zero-order valence-corrected chi connectivity index (χ0v) is 21.0. The second-order valence-electron chi connectivity index (χ2n) is 12.9. The molecule has 7 atom stereocenters. The lowest BCUT2D eigenvalue weighted by Gasteiger charge is -2.61. The van der Waals surface area contributed by atoms with Crippen molar-refractivity contribution in [3.05, 3.63) is 11.6 Å². The zero-order valence-electron chi connectivity index (χ0n) is 20.0. The van der Waals surface area contributed by atoms with Crippen molar-refractivity contribution in [3.63, 3.8) is 0 Å². The number of aldehydes is 1. The molecule has 2 nitrogen and oxygen atoms in total. The maximum absolute atomic E-state index is 11.7. The number of allylic oxidation sites excluding steroid dienone is 2. The van der Waals surface area contributed by atoms with Crippen LogP contribution < -0.4 is 0 Å². The summed E-state index contributed by atoms with van der Waals surface area (Å²) in [7, 11) is -1.69. The van der Waals surface area contributed by atoms with Gasteiger partial charge in [-0.25, -0.2) is 0 Å². The molecule has 0 aromatic rings. The van der Waals surface area contributed by atoms with Gasteiger partial charge in [0.2, 0.25) is 0 Å². The minimum absolute atomic E-state index is 0.161. The molecule has 164 valence electrons. The van der Waals surface area contributed by atoms with Crippen LogP contribution in [0.4, 0.5) is 0 Å². The molecule has 0 aromatic heterocycles. The van der Waals surface area contributed by atoms with Gasteiger partial charge in [-0.3, -0.25) is 4.79 Å². The van der Waals surface area contributed by atoms with E-state index in [0.29, 0.717) is 22.5 Å². The smallest absolute Gasteiger partial charge is 0.192 e. The number of carbonyl (C=O) groups is 1. The Bertz CT molecular complexity index is 689. The first kappa shape index (κ1) is 21.8. The number of hydrogen-bond acceptors (Lipinski definition) is 2. The van der Waals surface area contributed by atoms with Crippen molar-refractivity contribution >= 4 is 14.6 Å². The van der Waals surface area contributed by atoms with Crippen molar-refractivity contribution in [1.82, 2.24) is 0 Å². The molecule has 0 aromatic carbocycles. The molecule has 4 rings (SSSR count). The summed E-state index contributed by atoms with van der Waals surface area (Å²) in [5.41, 5.74) is 1.76. The fourth-order valence-electron chi connectivity index (χ4n) is 7.70. The van der Waals surface area contributed by atoms with E-state index in [9.17, 15) is 4.79 Å². The third-order valence-electron chi connectivity index (χ3n) is 10.7. The molecule has 0 amide bonds. The maximum Gasteiger partial charge on any atom is 0.192 e. The van der Waals surface area contributed by atoms with E-state index in [-0.39, 0.29) is 5.41 Å². The zero-order chi connectivity index (χ0) is 21.2. The molecule has 4 aliphatic carbocycles. The van der Waals surface area contributed by atoms with Gasteiger partial charge in [-0.15, -0.1) is 0 Å². The topological polar surface area (TPSA) is 26.3 Å². The van der Waals surface area contributed by atoms with Gasteiger partial charge in [0.25, 0.3) is 0 Å². The Kier molecular flexibility index (Phi) is 5.30. The van der Waals surface area contributed by atoms with E-state index in [1.54, 1.807) is 0 Å². The summed E-state index contributed by atoms with van der Waals surface area (Å²) in [6, 6.07) is 0. The molecule has 4 aliphatic rings. The van der Waals surface area contributed by atoms with Crippen LogP contribution in [0.1, 0.15) is 86.0 Å². The molecular weight excluding hydrogens is 372 g/mol. The number of carbonyl (C=O) groups excluding carboxylic acids is 1. The van der Waals surface area contributed by atoms with E-state index in [1.165, 1.54) is 44.9 Å². The third kappa shape index (κ3) is 3.34. The van der Waals surface area contributed by atoms with Gasteiger partial charge in [-0.05, 0) is 110 Å². The van der Waals surface area contributed by atoms with Crippen LogP contribution >= 0.6 is 0 Å². The fraction of sp³-hybridized carbons (Fsp3) is 0.885. The highest BCUT2D eigenvalue weighted by atomic mass is 28.4. The van der Waals surface area contributed by atoms with Crippen molar-refractivity contribution in [1.29, 1.82) is 0 Å². The molecule has 0 saturated heterocycles. The van der Waals surface area contributed by atoms with Crippen LogP contribution in [0.5, 0.6) is 0 Å².